The van der Waals surface area contributed by atoms with Crippen LogP contribution >= 0.6 is 0 Å². The van der Waals surface area contributed by atoms with E-state index in [1.54, 1.807) is 19.3 Å². The Morgan fingerprint density at radius 2 is 2.07 bits per heavy atom. The van der Waals surface area contributed by atoms with Crippen LogP contribution in [0.5, 0.6) is 0 Å². The molecule has 30 heavy (non-hydrogen) atoms. The summed E-state index contributed by atoms with van der Waals surface area (Å²) >= 11 is 0. The first-order chi connectivity index (χ1) is 14.1. The highest BCUT2D eigenvalue weighted by Crippen LogP contribution is 2.33. The fourth-order valence-electron chi connectivity index (χ4n) is 3.08. The first-order valence-electron chi connectivity index (χ1n) is 8.73. The predicted octanol–water partition coefficient (Wildman–Crippen LogP) is 3.16. The average Bonchev–Trinajstić information content (AvgIpc) is 2.95. The number of fused-ring (bicyclic) bond motifs is 1. The van der Waals surface area contributed by atoms with Gasteiger partial charge in [0.1, 0.15) is 22.5 Å². The summed E-state index contributed by atoms with van der Waals surface area (Å²) in [6, 6.07) is 2.05. The second-order valence-electron chi connectivity index (χ2n) is 6.35. The summed E-state index contributed by atoms with van der Waals surface area (Å²) in [6.07, 6.45) is -0.715. The van der Waals surface area contributed by atoms with E-state index >= 15 is 0 Å². The van der Waals surface area contributed by atoms with E-state index in [4.69, 9.17) is 5.11 Å². The second kappa shape index (κ2) is 9.54. The van der Waals surface area contributed by atoms with Gasteiger partial charge in [-0.1, -0.05) is 6.08 Å². The third-order valence-electron chi connectivity index (χ3n) is 4.44. The zero-order valence-electron chi connectivity index (χ0n) is 16.2. The standard InChI is InChI=1S/C18H17F4N3O2S.CH4O/c1-3-10-4-6-12-15(28(27)24-10)9-25(2)16(12)17(26)23-11-5-7-14(19)13(8-11)18(20,21)22;1-2/h3,5,7-10,24H,1,4,6H2,2H3,(H,23,26);2H,1H3. The van der Waals surface area contributed by atoms with Crippen LogP contribution in [0.1, 0.15) is 28.0 Å². The number of carbonyl (C=O) groups is 1. The predicted molar refractivity (Wildman–Crippen MR) is 105 cm³/mol. The lowest BCUT2D eigenvalue weighted by molar-refractivity contribution is -0.139. The van der Waals surface area contributed by atoms with Gasteiger partial charge in [-0.3, -0.25) is 4.79 Å². The minimum absolute atomic E-state index is 0.188. The maximum Gasteiger partial charge on any atom is 0.419 e. The van der Waals surface area contributed by atoms with Crippen LogP contribution in [0.15, 0.2) is 41.9 Å². The van der Waals surface area contributed by atoms with Crippen molar-refractivity contribution in [2.75, 3.05) is 12.4 Å². The molecule has 2 aromatic rings. The van der Waals surface area contributed by atoms with Crippen LogP contribution in [0.4, 0.5) is 23.2 Å². The minimum atomic E-state index is -4.88. The number of amides is 1. The van der Waals surface area contributed by atoms with E-state index in [0.717, 1.165) is 13.2 Å². The number of nitrogens with zero attached hydrogens (tertiary/aromatic N) is 1. The normalized spacial score (nSPS) is 18.5. The topological polar surface area (TPSA) is 83.4 Å². The van der Waals surface area contributed by atoms with Crippen molar-refractivity contribution in [3.05, 3.63) is 59.7 Å². The lowest BCUT2D eigenvalue weighted by atomic mass is 10.1. The molecular formula is C19H21F4N3O3S. The Morgan fingerprint density at radius 1 is 1.40 bits per heavy atom. The maximum atomic E-state index is 13.4. The molecule has 0 bridgehead atoms. The summed E-state index contributed by atoms with van der Waals surface area (Å²) in [4.78, 5) is 13.2. The van der Waals surface area contributed by atoms with Crippen molar-refractivity contribution in [1.29, 1.82) is 0 Å². The van der Waals surface area contributed by atoms with Gasteiger partial charge >= 0.3 is 6.18 Å². The van der Waals surface area contributed by atoms with Gasteiger partial charge in [0.2, 0.25) is 0 Å². The lowest BCUT2D eigenvalue weighted by Gasteiger charge is -2.12. The number of hydrogen-bond acceptors (Lipinski definition) is 3. The Kier molecular flexibility index (Phi) is 7.56. The summed E-state index contributed by atoms with van der Waals surface area (Å²) in [5.41, 5.74) is -0.915. The van der Waals surface area contributed by atoms with Crippen molar-refractivity contribution in [3.63, 3.8) is 0 Å². The first kappa shape index (κ1) is 23.8. The van der Waals surface area contributed by atoms with Gasteiger partial charge in [-0.05, 0) is 31.0 Å². The molecule has 0 aliphatic carbocycles. The highest BCUT2D eigenvalue weighted by atomic mass is 32.2. The molecule has 0 saturated heterocycles. The third kappa shape index (κ3) is 4.97. The van der Waals surface area contributed by atoms with Gasteiger partial charge in [0.05, 0.1) is 10.5 Å². The number of anilines is 1. The highest BCUT2D eigenvalue weighted by molar-refractivity contribution is 7.83. The number of halogens is 4. The summed E-state index contributed by atoms with van der Waals surface area (Å²) in [7, 11) is 1.03. The summed E-state index contributed by atoms with van der Waals surface area (Å²) in [6.45, 7) is 3.67. The molecule has 1 amide bonds. The van der Waals surface area contributed by atoms with Crippen LogP contribution < -0.4 is 10.0 Å². The molecule has 1 aliphatic heterocycles. The number of carbonyl (C=O) groups excluding carboxylic acids is 1. The molecule has 2 heterocycles. The molecule has 3 N–H and O–H groups in total. The number of alkyl halides is 3. The smallest absolute Gasteiger partial charge is 0.400 e. The Hall–Kier alpha value is -2.50. The van der Waals surface area contributed by atoms with E-state index in [-0.39, 0.29) is 17.4 Å². The molecule has 2 unspecified atom stereocenters. The van der Waals surface area contributed by atoms with Crippen molar-refractivity contribution in [1.82, 2.24) is 9.29 Å². The Labute approximate surface area is 173 Å². The van der Waals surface area contributed by atoms with Crippen molar-refractivity contribution in [2.45, 2.75) is 30.0 Å². The number of nitrogens with one attached hydrogen (secondary N) is 2. The minimum Gasteiger partial charge on any atom is -0.400 e. The molecule has 11 heteroatoms. The quantitative estimate of drug-likeness (QED) is 0.499. The number of aliphatic hydroxyl groups is 1. The van der Waals surface area contributed by atoms with E-state index in [1.165, 1.54) is 4.57 Å². The molecule has 3 rings (SSSR count). The molecule has 0 spiro atoms. The Morgan fingerprint density at radius 3 is 2.67 bits per heavy atom. The Balaban J connectivity index is 0.00000155. The molecule has 1 aromatic heterocycles. The second-order valence-corrected chi connectivity index (χ2v) is 7.56. The van der Waals surface area contributed by atoms with E-state index < -0.39 is 34.4 Å². The van der Waals surface area contributed by atoms with E-state index in [1.807, 2.05) is 0 Å². The zero-order valence-corrected chi connectivity index (χ0v) is 17.0. The summed E-state index contributed by atoms with van der Waals surface area (Å²) < 4.78 is 68.9. The first-order valence-corrected chi connectivity index (χ1v) is 9.88. The number of aromatic nitrogens is 1. The molecule has 0 fully saturated rings. The maximum absolute atomic E-state index is 13.4. The molecule has 2 atom stereocenters. The average molecular weight is 447 g/mol. The van der Waals surface area contributed by atoms with Gasteiger partial charge in [-0.25, -0.2) is 13.3 Å². The summed E-state index contributed by atoms with van der Waals surface area (Å²) in [5, 5.41) is 9.37. The van der Waals surface area contributed by atoms with Gasteiger partial charge < -0.3 is 15.0 Å². The van der Waals surface area contributed by atoms with Crippen molar-refractivity contribution >= 4 is 22.6 Å². The van der Waals surface area contributed by atoms with Gasteiger partial charge in [-0.15, -0.1) is 6.58 Å². The van der Waals surface area contributed by atoms with Crippen LogP contribution in [0.25, 0.3) is 0 Å². The van der Waals surface area contributed by atoms with Crippen molar-refractivity contribution in [3.8, 4) is 0 Å². The molecular weight excluding hydrogens is 426 g/mol. The molecule has 1 aromatic carbocycles. The molecule has 1 aliphatic rings. The number of hydrogen-bond donors (Lipinski definition) is 3. The largest absolute Gasteiger partial charge is 0.419 e. The van der Waals surface area contributed by atoms with Crippen molar-refractivity contribution in [2.24, 2.45) is 7.05 Å². The zero-order chi connectivity index (χ0) is 22.6. The lowest BCUT2D eigenvalue weighted by Crippen LogP contribution is -2.27. The van der Waals surface area contributed by atoms with Crippen LogP contribution in [-0.2, 0) is 30.6 Å². The summed E-state index contributed by atoms with van der Waals surface area (Å²) in [5.74, 6) is -2.09. The molecule has 6 nitrogen and oxygen atoms in total. The number of aliphatic hydroxyl groups excluding tert-OH is 1. The van der Waals surface area contributed by atoms with E-state index in [9.17, 15) is 26.6 Å². The SMILES string of the molecule is C=CC1CCc2c(cn(C)c2C(=O)Nc2ccc(F)c(C(F)(F)F)c2)S(=O)N1.CO. The van der Waals surface area contributed by atoms with Gasteiger partial charge in [0, 0.05) is 37.6 Å². The van der Waals surface area contributed by atoms with Crippen LogP contribution in [0, 0.1) is 5.82 Å². The van der Waals surface area contributed by atoms with Gasteiger partial charge in [-0.2, -0.15) is 13.2 Å². The fourth-order valence-corrected chi connectivity index (χ4v) is 4.38. The molecule has 0 radical (unpaired) electrons. The number of benzene rings is 1. The van der Waals surface area contributed by atoms with Crippen LogP contribution in [0.3, 0.4) is 0 Å². The highest BCUT2D eigenvalue weighted by Gasteiger charge is 2.34. The van der Waals surface area contributed by atoms with Crippen molar-refractivity contribution < 1.29 is 31.7 Å². The Bertz CT molecular complexity index is 973. The van der Waals surface area contributed by atoms with E-state index in [0.29, 0.717) is 35.4 Å². The van der Waals surface area contributed by atoms with Crippen LogP contribution in [0.2, 0.25) is 0 Å². The number of rotatable bonds is 3. The van der Waals surface area contributed by atoms with Crippen LogP contribution in [-0.4, -0.2) is 32.9 Å². The monoisotopic (exact) mass is 447 g/mol. The third-order valence-corrected chi connectivity index (χ3v) is 5.71. The molecule has 164 valence electrons. The van der Waals surface area contributed by atoms with E-state index in [2.05, 4.69) is 16.6 Å². The van der Waals surface area contributed by atoms with Gasteiger partial charge in [0.15, 0.2) is 0 Å². The fraction of sp³-hybridized carbons (Fsp3) is 0.316. The van der Waals surface area contributed by atoms with Gasteiger partial charge in [0.25, 0.3) is 5.91 Å². The molecule has 0 saturated carbocycles. The number of aryl methyl sites for hydroxylation is 1.